The highest BCUT2D eigenvalue weighted by molar-refractivity contribution is 6.76. The van der Waals surface area contributed by atoms with Gasteiger partial charge in [0, 0.05) is 115 Å². The molecule has 0 aliphatic carbocycles. The summed E-state index contributed by atoms with van der Waals surface area (Å²) in [6.07, 6.45) is 3.04. The van der Waals surface area contributed by atoms with Crippen LogP contribution in [0.15, 0.2) is 73.1 Å². The molecule has 3 N–H and O–H groups in total. The average molecular weight is 1060 g/mol. The van der Waals surface area contributed by atoms with Gasteiger partial charge < -0.3 is 34.7 Å². The molecule has 2 aromatic carbocycles. The van der Waals surface area contributed by atoms with Crippen LogP contribution in [0.4, 0.5) is 8.78 Å². The second kappa shape index (κ2) is 23.9. The minimum absolute atomic E-state index is 0.0579. The van der Waals surface area contributed by atoms with Crippen molar-refractivity contribution in [2.75, 3.05) is 46.9 Å². The first-order valence-electron chi connectivity index (χ1n) is 25.7. The van der Waals surface area contributed by atoms with E-state index >= 15 is 0 Å². The van der Waals surface area contributed by atoms with E-state index in [1.54, 1.807) is 61.0 Å². The van der Waals surface area contributed by atoms with Gasteiger partial charge in [-0.3, -0.25) is 38.6 Å². The quantitative estimate of drug-likeness (QED) is 0.0410. The number of hydrogen-bond acceptors (Lipinski definition) is 11. The van der Waals surface area contributed by atoms with Gasteiger partial charge in [0.15, 0.2) is 0 Å². The molecule has 0 radical (unpaired) electrons. The number of carbonyl (C=O) groups excluding carboxylic acids is 6. The van der Waals surface area contributed by atoms with Crippen molar-refractivity contribution in [2.24, 2.45) is 0 Å². The Balaban J connectivity index is 0.000000226. The summed E-state index contributed by atoms with van der Waals surface area (Å²) in [5.74, 6) is -3.69. The van der Waals surface area contributed by atoms with Crippen LogP contribution >= 0.6 is 0 Å². The van der Waals surface area contributed by atoms with Gasteiger partial charge in [-0.1, -0.05) is 43.9 Å². The molecule has 2 fully saturated rings. The highest BCUT2D eigenvalue weighted by Crippen LogP contribution is 2.29. The Hall–Kier alpha value is -7.00. The van der Waals surface area contributed by atoms with Crippen LogP contribution in [0.5, 0.6) is 0 Å². The topological polar surface area (TPSA) is 195 Å². The fourth-order valence-electron chi connectivity index (χ4n) is 9.71. The second-order valence-electron chi connectivity index (χ2n) is 21.3. The first-order chi connectivity index (χ1) is 36.0. The molecule has 0 spiro atoms. The number of piperazine rings is 2. The van der Waals surface area contributed by atoms with Crippen LogP contribution in [0, 0.1) is 25.5 Å². The molecule has 4 amide bonds. The molecule has 0 unspecified atom stereocenters. The lowest BCUT2D eigenvalue weighted by molar-refractivity contribution is -0.117. The van der Waals surface area contributed by atoms with Crippen LogP contribution in [-0.2, 0) is 34.1 Å². The van der Waals surface area contributed by atoms with E-state index in [1.165, 1.54) is 44.6 Å². The van der Waals surface area contributed by atoms with Gasteiger partial charge in [-0.25, -0.2) is 18.7 Å². The zero-order valence-corrected chi connectivity index (χ0v) is 46.3. The Labute approximate surface area is 443 Å². The summed E-state index contributed by atoms with van der Waals surface area (Å²) < 4.78 is 34.3. The number of carbonyl (C=O) groups is 6. The maximum atomic E-state index is 13.9. The minimum Gasteiger partial charge on any atom is -0.361 e. The molecule has 4 aromatic heterocycles. The van der Waals surface area contributed by atoms with Gasteiger partial charge in [-0.15, -0.1) is 0 Å². The number of aromatic amines is 1. The van der Waals surface area contributed by atoms with Gasteiger partial charge in [0.25, 0.3) is 35.2 Å². The van der Waals surface area contributed by atoms with Crippen molar-refractivity contribution < 1.29 is 42.3 Å². The van der Waals surface area contributed by atoms with Crippen LogP contribution in [0.2, 0.25) is 25.7 Å². The lowest BCUT2D eigenvalue weighted by Gasteiger charge is -2.44. The van der Waals surface area contributed by atoms with E-state index < -0.39 is 31.5 Å². The summed E-state index contributed by atoms with van der Waals surface area (Å²) in [4.78, 5) is 97.5. The van der Waals surface area contributed by atoms with Gasteiger partial charge in [0.2, 0.25) is 0 Å². The molecular weight excluding hydrogens is 991 g/mol. The van der Waals surface area contributed by atoms with Crippen LogP contribution in [0.3, 0.4) is 0 Å². The normalized spacial score (nSPS) is 18.3. The molecule has 2 saturated heterocycles. The number of nitrogens with one attached hydrogen (secondary N) is 3. The van der Waals surface area contributed by atoms with E-state index in [2.05, 4.69) is 63.9 Å². The molecule has 0 bridgehead atoms. The maximum Gasteiger partial charge on any atom is 0.292 e. The SMILES string of the molecule is CNC(=O)C(=O)c1c[nH]c2nc(C)c(C(=O)N3C[C@H](C)N(Cc4ccc(F)cc4)C[C@H]3C)cc12.CNC(=O)C(=O)c1cn(COCC[Si](C)(C)C)c2nc(C)c(C(=O)N3C[C@H](C)N(Cc4ccc(F)cc4)C[C@H]3C)cc12. The summed E-state index contributed by atoms with van der Waals surface area (Å²) in [5.41, 5.74) is 5.25. The van der Waals surface area contributed by atoms with Gasteiger partial charge in [-0.2, -0.15) is 0 Å². The number of pyridine rings is 2. The largest absolute Gasteiger partial charge is 0.361 e. The molecule has 76 heavy (non-hydrogen) atoms. The third-order valence-electron chi connectivity index (χ3n) is 14.3. The monoisotopic (exact) mass is 1060 g/mol. The van der Waals surface area contributed by atoms with Crippen molar-refractivity contribution in [1.82, 2.24) is 49.8 Å². The van der Waals surface area contributed by atoms with E-state index in [4.69, 9.17) is 9.72 Å². The van der Waals surface area contributed by atoms with Crippen molar-refractivity contribution in [3.05, 3.63) is 129 Å². The number of likely N-dealkylation sites (N-methyl/N-ethyl adjacent to an activating group) is 2. The highest BCUT2D eigenvalue weighted by atomic mass is 28.3. The summed E-state index contributed by atoms with van der Waals surface area (Å²) in [7, 11) is 1.52. The fraction of sp³-hybridized carbons (Fsp3) is 0.429. The number of aromatic nitrogens is 4. The van der Waals surface area contributed by atoms with Crippen molar-refractivity contribution in [1.29, 1.82) is 0 Å². The molecular formula is C56H70F2N10O7Si. The Morgan fingerprint density at radius 3 is 1.58 bits per heavy atom. The van der Waals surface area contributed by atoms with Crippen molar-refractivity contribution in [3.63, 3.8) is 0 Å². The van der Waals surface area contributed by atoms with Crippen LogP contribution in [0.25, 0.3) is 22.1 Å². The van der Waals surface area contributed by atoms with E-state index in [0.29, 0.717) is 90.5 Å². The van der Waals surface area contributed by atoms with Gasteiger partial charge in [-0.05, 0) is 95.1 Å². The summed E-state index contributed by atoms with van der Waals surface area (Å²) in [6, 6.07) is 17.3. The molecule has 0 saturated carbocycles. The summed E-state index contributed by atoms with van der Waals surface area (Å²) >= 11 is 0. The predicted molar refractivity (Wildman–Crippen MR) is 290 cm³/mol. The molecule has 2 aliphatic rings. The van der Waals surface area contributed by atoms with Crippen LogP contribution < -0.4 is 10.6 Å². The van der Waals surface area contributed by atoms with Gasteiger partial charge in [0.05, 0.1) is 33.6 Å². The number of halogens is 2. The standard InChI is InChI=1S/C31H42FN5O4Si.C25H28FN5O3/c1-20-16-37(21(2)15-35(20)17-23-8-10-24(32)11-9-23)31(40)25-14-26-27(28(38)30(39)33-4)18-36(29(26)34-22(25)3)19-41-12-13-42(5,6)7;1-14-12-31(15(2)11-30(14)13-17-5-7-18(26)8-6-17)25(34)19-9-20-21(22(32)24(33)27-4)10-28-23(20)29-16(19)3/h8-11,14,18,20-21H,12-13,15-17,19H2,1-7H3,(H,33,39);5-10,14-15H,11-13H2,1-4H3,(H,27,33)(H,28,29)/t20-,21+;14-,15+/m00/s1. The number of fused-ring (bicyclic) bond motifs is 2. The minimum atomic E-state index is -1.28. The fourth-order valence-corrected chi connectivity index (χ4v) is 10.5. The Bertz CT molecular complexity index is 3140. The van der Waals surface area contributed by atoms with Crippen molar-refractivity contribution in [3.8, 4) is 0 Å². The lowest BCUT2D eigenvalue weighted by Crippen LogP contribution is -2.57. The molecule has 4 atom stereocenters. The average Bonchev–Trinajstić information content (AvgIpc) is 3.98. The maximum absolute atomic E-state index is 13.9. The third kappa shape index (κ3) is 13.0. The molecule has 6 aromatic rings. The Morgan fingerprint density at radius 1 is 0.645 bits per heavy atom. The van der Waals surface area contributed by atoms with E-state index in [9.17, 15) is 37.5 Å². The summed E-state index contributed by atoms with van der Waals surface area (Å²) in [6.45, 7) is 23.0. The van der Waals surface area contributed by atoms with Crippen LogP contribution in [-0.4, -0.2) is 153 Å². The number of benzene rings is 2. The zero-order chi connectivity index (χ0) is 55.3. The number of ether oxygens (including phenoxy) is 1. The lowest BCUT2D eigenvalue weighted by atomic mass is 10.0. The first-order valence-corrected chi connectivity index (χ1v) is 29.4. The van der Waals surface area contributed by atoms with E-state index in [1.807, 2.05) is 23.6 Å². The van der Waals surface area contributed by atoms with E-state index in [0.717, 1.165) is 17.2 Å². The highest BCUT2D eigenvalue weighted by Gasteiger charge is 2.36. The molecule has 404 valence electrons. The van der Waals surface area contributed by atoms with Crippen LogP contribution in [0.1, 0.15) is 91.6 Å². The first kappa shape index (κ1) is 56.7. The smallest absolute Gasteiger partial charge is 0.292 e. The zero-order valence-electron chi connectivity index (χ0n) is 45.3. The number of hydrogen-bond donors (Lipinski definition) is 3. The predicted octanol–water partition coefficient (Wildman–Crippen LogP) is 7.13. The Morgan fingerprint density at radius 2 is 1.11 bits per heavy atom. The van der Waals surface area contributed by atoms with Crippen molar-refractivity contribution >= 4 is 65.3 Å². The Kier molecular flexibility index (Phi) is 17.8. The number of aryl methyl sites for hydroxylation is 2. The number of amides is 4. The molecule has 8 rings (SSSR count). The van der Waals surface area contributed by atoms with Crippen molar-refractivity contribution in [2.45, 2.75) is 111 Å². The van der Waals surface area contributed by atoms with Gasteiger partial charge in [0.1, 0.15) is 29.7 Å². The van der Waals surface area contributed by atoms with Gasteiger partial charge >= 0.3 is 0 Å². The number of nitrogens with zero attached hydrogens (tertiary/aromatic N) is 7. The second-order valence-corrected chi connectivity index (χ2v) is 26.9. The summed E-state index contributed by atoms with van der Waals surface area (Å²) in [5, 5.41) is 5.62. The number of H-pyrrole nitrogens is 1. The number of ketones is 2. The molecule has 17 nitrogen and oxygen atoms in total. The molecule has 6 heterocycles. The number of Topliss-reactive ketones (excluding diaryl/α,β-unsaturated/α-hetero) is 2. The number of rotatable bonds is 15. The third-order valence-corrected chi connectivity index (χ3v) is 16.0. The van der Waals surface area contributed by atoms with E-state index in [-0.39, 0.29) is 65.5 Å². The molecule has 20 heteroatoms. The molecule has 2 aliphatic heterocycles.